The lowest BCUT2D eigenvalue weighted by Gasteiger charge is -2.40. The number of carbonyl (C=O) groups is 2. The van der Waals surface area contributed by atoms with Crippen LogP contribution < -0.4 is 0 Å². The minimum Gasteiger partial charge on any atom is -0.384 e. The average molecular weight is 324 g/mol. The zero-order valence-corrected chi connectivity index (χ0v) is 15.0. The smallest absolute Gasteiger partial charge is 0.251 e. The summed E-state index contributed by atoms with van der Waals surface area (Å²) in [5, 5.41) is 9.37. The molecule has 2 rings (SSSR count). The molecule has 1 aliphatic carbocycles. The summed E-state index contributed by atoms with van der Waals surface area (Å²) in [6.07, 6.45) is 3.21. The standard InChI is InChI=1S/C18H32N2O3/c1-13-9-15(12-18(3,4)11-13)10-16(22)19-5-7-20(8-6-19)17(23)14(2)21/h13-15,21H,5-12H2,1-4H3. The number of hydrogen-bond acceptors (Lipinski definition) is 3. The zero-order chi connectivity index (χ0) is 17.2. The maximum Gasteiger partial charge on any atom is 0.251 e. The number of amides is 2. The van der Waals surface area contributed by atoms with Crippen LogP contribution in [0.25, 0.3) is 0 Å². The Morgan fingerprint density at radius 2 is 1.70 bits per heavy atom. The van der Waals surface area contributed by atoms with Gasteiger partial charge in [-0.3, -0.25) is 9.59 Å². The van der Waals surface area contributed by atoms with Gasteiger partial charge in [-0.15, -0.1) is 0 Å². The molecule has 1 N–H and O–H groups in total. The lowest BCUT2D eigenvalue weighted by atomic mass is 9.67. The van der Waals surface area contributed by atoms with Crippen LogP contribution >= 0.6 is 0 Å². The van der Waals surface area contributed by atoms with Gasteiger partial charge in [-0.2, -0.15) is 0 Å². The second-order valence-corrected chi connectivity index (χ2v) is 8.37. The van der Waals surface area contributed by atoms with Gasteiger partial charge >= 0.3 is 0 Å². The van der Waals surface area contributed by atoms with Gasteiger partial charge in [0.1, 0.15) is 6.10 Å². The van der Waals surface area contributed by atoms with Crippen molar-refractivity contribution >= 4 is 11.8 Å². The fourth-order valence-corrected chi connectivity index (χ4v) is 4.52. The SMILES string of the molecule is CC1CC(CC(=O)N2CCN(C(=O)C(C)O)CC2)CC(C)(C)C1. The molecule has 132 valence electrons. The normalized spacial score (nSPS) is 29.3. The molecule has 5 nitrogen and oxygen atoms in total. The Hall–Kier alpha value is -1.10. The van der Waals surface area contributed by atoms with Crippen LogP contribution in [-0.4, -0.2) is 59.0 Å². The van der Waals surface area contributed by atoms with Gasteiger partial charge in [-0.1, -0.05) is 20.8 Å². The molecule has 0 radical (unpaired) electrons. The second kappa shape index (κ2) is 7.20. The number of aliphatic hydroxyl groups is 1. The number of piperazine rings is 1. The van der Waals surface area contributed by atoms with E-state index in [0.717, 1.165) is 12.8 Å². The molecule has 0 aromatic carbocycles. The van der Waals surface area contributed by atoms with Crippen LogP contribution in [0.15, 0.2) is 0 Å². The Morgan fingerprint density at radius 3 is 2.22 bits per heavy atom. The fraction of sp³-hybridized carbons (Fsp3) is 0.889. The number of nitrogens with zero attached hydrogens (tertiary/aromatic N) is 2. The minimum absolute atomic E-state index is 0.226. The first-order chi connectivity index (χ1) is 10.7. The Morgan fingerprint density at radius 1 is 1.13 bits per heavy atom. The van der Waals surface area contributed by atoms with E-state index in [1.54, 1.807) is 4.90 Å². The van der Waals surface area contributed by atoms with Crippen LogP contribution in [0.2, 0.25) is 0 Å². The predicted molar refractivity (Wildman–Crippen MR) is 89.7 cm³/mol. The average Bonchev–Trinajstić information content (AvgIpc) is 2.44. The van der Waals surface area contributed by atoms with Gasteiger partial charge in [0.25, 0.3) is 5.91 Å². The molecule has 0 bridgehead atoms. The summed E-state index contributed by atoms with van der Waals surface area (Å²) in [6.45, 7) is 10.6. The van der Waals surface area contributed by atoms with Crippen molar-refractivity contribution < 1.29 is 14.7 Å². The first kappa shape index (κ1) is 18.2. The molecule has 1 saturated heterocycles. The van der Waals surface area contributed by atoms with Crippen LogP contribution in [0.5, 0.6) is 0 Å². The summed E-state index contributed by atoms with van der Waals surface area (Å²) < 4.78 is 0. The van der Waals surface area contributed by atoms with Crippen LogP contribution in [-0.2, 0) is 9.59 Å². The highest BCUT2D eigenvalue weighted by atomic mass is 16.3. The van der Waals surface area contributed by atoms with Gasteiger partial charge in [0, 0.05) is 32.6 Å². The van der Waals surface area contributed by atoms with Gasteiger partial charge < -0.3 is 14.9 Å². The summed E-state index contributed by atoms with van der Waals surface area (Å²) in [7, 11) is 0. The third kappa shape index (κ3) is 4.93. The minimum atomic E-state index is -0.955. The molecule has 23 heavy (non-hydrogen) atoms. The highest BCUT2D eigenvalue weighted by Crippen LogP contribution is 2.42. The van der Waals surface area contributed by atoms with E-state index < -0.39 is 6.10 Å². The van der Waals surface area contributed by atoms with E-state index in [2.05, 4.69) is 20.8 Å². The maximum atomic E-state index is 12.6. The van der Waals surface area contributed by atoms with E-state index in [4.69, 9.17) is 0 Å². The molecule has 0 aromatic heterocycles. The van der Waals surface area contributed by atoms with Crippen molar-refractivity contribution in [3.05, 3.63) is 0 Å². The van der Waals surface area contributed by atoms with Gasteiger partial charge in [-0.05, 0) is 43.4 Å². The largest absolute Gasteiger partial charge is 0.384 e. The molecule has 2 fully saturated rings. The van der Waals surface area contributed by atoms with Crippen LogP contribution in [0.3, 0.4) is 0 Å². The molecule has 2 aliphatic rings. The van der Waals surface area contributed by atoms with E-state index in [-0.39, 0.29) is 11.8 Å². The highest BCUT2D eigenvalue weighted by molar-refractivity contribution is 5.81. The van der Waals surface area contributed by atoms with Gasteiger partial charge in [-0.25, -0.2) is 0 Å². The number of aliphatic hydroxyl groups excluding tert-OH is 1. The number of hydrogen-bond donors (Lipinski definition) is 1. The van der Waals surface area contributed by atoms with Crippen LogP contribution in [0.1, 0.15) is 53.4 Å². The number of carbonyl (C=O) groups excluding carboxylic acids is 2. The monoisotopic (exact) mass is 324 g/mol. The van der Waals surface area contributed by atoms with Gasteiger partial charge in [0.15, 0.2) is 0 Å². The quantitative estimate of drug-likeness (QED) is 0.862. The van der Waals surface area contributed by atoms with Crippen molar-refractivity contribution in [2.24, 2.45) is 17.3 Å². The third-order valence-corrected chi connectivity index (χ3v) is 5.24. The highest BCUT2D eigenvalue weighted by Gasteiger charge is 2.34. The van der Waals surface area contributed by atoms with Crippen molar-refractivity contribution in [1.29, 1.82) is 0 Å². The van der Waals surface area contributed by atoms with Crippen molar-refractivity contribution in [2.75, 3.05) is 26.2 Å². The number of rotatable bonds is 3. The molecule has 1 saturated carbocycles. The molecule has 3 unspecified atom stereocenters. The molecule has 0 aromatic rings. The molecule has 0 spiro atoms. The molecule has 1 aliphatic heterocycles. The van der Waals surface area contributed by atoms with E-state index >= 15 is 0 Å². The fourth-order valence-electron chi connectivity index (χ4n) is 4.52. The Labute approximate surface area is 140 Å². The van der Waals surface area contributed by atoms with E-state index in [1.165, 1.54) is 13.3 Å². The zero-order valence-electron chi connectivity index (χ0n) is 15.0. The van der Waals surface area contributed by atoms with E-state index in [0.29, 0.717) is 49.9 Å². The Kier molecular flexibility index (Phi) is 5.71. The second-order valence-electron chi connectivity index (χ2n) is 8.37. The topological polar surface area (TPSA) is 60.9 Å². The van der Waals surface area contributed by atoms with Gasteiger partial charge in [0.2, 0.25) is 5.91 Å². The summed E-state index contributed by atoms with van der Waals surface area (Å²) >= 11 is 0. The summed E-state index contributed by atoms with van der Waals surface area (Å²) in [5.74, 6) is 1.17. The van der Waals surface area contributed by atoms with Gasteiger partial charge in [0.05, 0.1) is 0 Å². The summed E-state index contributed by atoms with van der Waals surface area (Å²) in [5.41, 5.74) is 0.338. The van der Waals surface area contributed by atoms with Crippen molar-refractivity contribution in [3.8, 4) is 0 Å². The first-order valence-corrected chi connectivity index (χ1v) is 8.92. The first-order valence-electron chi connectivity index (χ1n) is 8.92. The lowest BCUT2D eigenvalue weighted by Crippen LogP contribution is -2.52. The van der Waals surface area contributed by atoms with E-state index in [9.17, 15) is 14.7 Å². The maximum absolute atomic E-state index is 12.6. The van der Waals surface area contributed by atoms with Crippen LogP contribution in [0, 0.1) is 17.3 Å². The van der Waals surface area contributed by atoms with Crippen molar-refractivity contribution in [2.45, 2.75) is 59.5 Å². The van der Waals surface area contributed by atoms with Crippen molar-refractivity contribution in [3.63, 3.8) is 0 Å². The predicted octanol–water partition coefficient (Wildman–Crippen LogP) is 1.89. The Bertz CT molecular complexity index is 440. The summed E-state index contributed by atoms with van der Waals surface area (Å²) in [6, 6.07) is 0. The molecular formula is C18H32N2O3. The molecule has 3 atom stereocenters. The molecule has 1 heterocycles. The Balaban J connectivity index is 1.82. The lowest BCUT2D eigenvalue weighted by molar-refractivity contribution is -0.145. The summed E-state index contributed by atoms with van der Waals surface area (Å²) in [4.78, 5) is 27.9. The molecule has 5 heteroatoms. The van der Waals surface area contributed by atoms with Crippen molar-refractivity contribution in [1.82, 2.24) is 9.80 Å². The van der Waals surface area contributed by atoms with Crippen LogP contribution in [0.4, 0.5) is 0 Å². The molecule has 2 amide bonds. The third-order valence-electron chi connectivity index (χ3n) is 5.24. The van der Waals surface area contributed by atoms with E-state index in [1.807, 2.05) is 4.90 Å². The molecular weight excluding hydrogens is 292 g/mol.